The van der Waals surface area contributed by atoms with Crippen molar-refractivity contribution in [3.63, 3.8) is 0 Å². The summed E-state index contributed by atoms with van der Waals surface area (Å²) < 4.78 is 0. The predicted octanol–water partition coefficient (Wildman–Crippen LogP) is 2.25. The summed E-state index contributed by atoms with van der Waals surface area (Å²) in [5.74, 6) is 0.864. The third kappa shape index (κ3) is 7.34. The van der Waals surface area contributed by atoms with Crippen molar-refractivity contribution in [1.82, 2.24) is 10.2 Å². The third-order valence-corrected chi connectivity index (χ3v) is 3.84. The fourth-order valence-electron chi connectivity index (χ4n) is 2.86. The summed E-state index contributed by atoms with van der Waals surface area (Å²) in [5.41, 5.74) is 0. The maximum absolute atomic E-state index is 8.76. The van der Waals surface area contributed by atoms with Gasteiger partial charge in [0, 0.05) is 13.2 Å². The van der Waals surface area contributed by atoms with Crippen molar-refractivity contribution in [3.05, 3.63) is 0 Å². The molecule has 1 aliphatic heterocycles. The van der Waals surface area contributed by atoms with E-state index < -0.39 is 0 Å². The molecule has 0 aromatic rings. The number of unbranched alkanes of at least 4 members (excludes halogenated alkanes) is 3. The molecule has 1 atom stereocenters. The molecule has 0 aromatic heterocycles. The predicted molar refractivity (Wildman–Crippen MR) is 77.9 cm³/mol. The lowest BCUT2D eigenvalue weighted by Gasteiger charge is -2.30. The highest BCUT2D eigenvalue weighted by Crippen LogP contribution is 2.13. The van der Waals surface area contributed by atoms with Crippen molar-refractivity contribution < 1.29 is 5.11 Å². The number of aliphatic hydroxyl groups is 1. The van der Waals surface area contributed by atoms with Gasteiger partial charge in [-0.15, -0.1) is 0 Å². The van der Waals surface area contributed by atoms with Gasteiger partial charge in [0.2, 0.25) is 0 Å². The first-order valence-electron chi connectivity index (χ1n) is 7.90. The van der Waals surface area contributed by atoms with E-state index in [9.17, 15) is 0 Å². The molecule has 0 amide bonds. The van der Waals surface area contributed by atoms with Crippen LogP contribution in [0.1, 0.15) is 51.9 Å². The summed E-state index contributed by atoms with van der Waals surface area (Å²) in [5, 5.41) is 12.3. The Morgan fingerprint density at radius 2 is 2.00 bits per heavy atom. The Morgan fingerprint density at radius 3 is 2.67 bits per heavy atom. The number of hydrogen-bond donors (Lipinski definition) is 2. The lowest BCUT2D eigenvalue weighted by atomic mass is 9.99. The number of rotatable bonds is 10. The van der Waals surface area contributed by atoms with Gasteiger partial charge in [0.15, 0.2) is 0 Å². The van der Waals surface area contributed by atoms with E-state index in [-0.39, 0.29) is 0 Å². The molecule has 0 bridgehead atoms. The van der Waals surface area contributed by atoms with Gasteiger partial charge in [-0.25, -0.2) is 0 Å². The topological polar surface area (TPSA) is 35.5 Å². The highest BCUT2D eigenvalue weighted by Gasteiger charge is 2.16. The lowest BCUT2D eigenvalue weighted by Crippen LogP contribution is -2.39. The number of aliphatic hydroxyl groups excluding tert-OH is 1. The Morgan fingerprint density at radius 1 is 1.17 bits per heavy atom. The fourth-order valence-corrected chi connectivity index (χ4v) is 2.86. The van der Waals surface area contributed by atoms with Gasteiger partial charge < -0.3 is 15.3 Å². The summed E-state index contributed by atoms with van der Waals surface area (Å²) in [7, 11) is 0. The van der Waals surface area contributed by atoms with Crippen molar-refractivity contribution in [1.29, 1.82) is 0 Å². The van der Waals surface area contributed by atoms with Crippen LogP contribution in [0.25, 0.3) is 0 Å². The molecule has 0 spiro atoms. The van der Waals surface area contributed by atoms with E-state index in [0.29, 0.717) is 6.61 Å². The summed E-state index contributed by atoms with van der Waals surface area (Å²) >= 11 is 0. The molecular formula is C15H32N2O. The van der Waals surface area contributed by atoms with Crippen LogP contribution in [0.2, 0.25) is 0 Å². The molecule has 1 fully saturated rings. The number of hydrogen-bond acceptors (Lipinski definition) is 3. The molecule has 1 saturated heterocycles. The number of piperidine rings is 1. The minimum Gasteiger partial charge on any atom is -0.396 e. The molecule has 0 saturated carbocycles. The molecule has 18 heavy (non-hydrogen) atoms. The van der Waals surface area contributed by atoms with E-state index in [1.165, 1.54) is 71.2 Å². The molecular weight excluding hydrogens is 224 g/mol. The van der Waals surface area contributed by atoms with E-state index in [1.54, 1.807) is 0 Å². The SMILES string of the molecule is CCCN(CCCCCCO)CC1CCCNC1. The van der Waals surface area contributed by atoms with Gasteiger partial charge in [0.1, 0.15) is 0 Å². The summed E-state index contributed by atoms with van der Waals surface area (Å²) in [6.45, 7) is 8.83. The average Bonchev–Trinajstić information content (AvgIpc) is 2.40. The largest absolute Gasteiger partial charge is 0.396 e. The van der Waals surface area contributed by atoms with Crippen LogP contribution in [0.15, 0.2) is 0 Å². The summed E-state index contributed by atoms with van der Waals surface area (Å²) in [6.07, 6.45) is 8.72. The maximum Gasteiger partial charge on any atom is 0.0431 e. The van der Waals surface area contributed by atoms with Gasteiger partial charge in [-0.1, -0.05) is 19.8 Å². The maximum atomic E-state index is 8.76. The third-order valence-electron chi connectivity index (χ3n) is 3.84. The second-order valence-corrected chi connectivity index (χ2v) is 5.65. The summed E-state index contributed by atoms with van der Waals surface area (Å²) in [6, 6.07) is 0. The molecule has 2 N–H and O–H groups in total. The molecule has 1 heterocycles. The fraction of sp³-hybridized carbons (Fsp3) is 1.00. The smallest absolute Gasteiger partial charge is 0.0431 e. The van der Waals surface area contributed by atoms with Crippen LogP contribution >= 0.6 is 0 Å². The van der Waals surface area contributed by atoms with Gasteiger partial charge in [-0.05, 0) is 64.2 Å². The lowest BCUT2D eigenvalue weighted by molar-refractivity contribution is 0.203. The van der Waals surface area contributed by atoms with Crippen molar-refractivity contribution in [2.75, 3.05) is 39.3 Å². The van der Waals surface area contributed by atoms with Crippen LogP contribution in [-0.4, -0.2) is 49.3 Å². The zero-order valence-corrected chi connectivity index (χ0v) is 12.2. The molecule has 3 heteroatoms. The summed E-state index contributed by atoms with van der Waals surface area (Å²) in [4.78, 5) is 2.65. The van der Waals surface area contributed by atoms with Crippen molar-refractivity contribution in [2.45, 2.75) is 51.9 Å². The standard InChI is InChI=1S/C15H32N2O/c1-2-10-17(11-5-3-4-6-12-18)14-15-8-7-9-16-13-15/h15-16,18H,2-14H2,1H3. The van der Waals surface area contributed by atoms with Crippen LogP contribution < -0.4 is 5.32 Å². The minimum atomic E-state index is 0.354. The van der Waals surface area contributed by atoms with Gasteiger partial charge in [-0.2, -0.15) is 0 Å². The molecule has 1 rings (SSSR count). The Bertz CT molecular complexity index is 181. The van der Waals surface area contributed by atoms with Crippen LogP contribution in [0, 0.1) is 5.92 Å². The highest BCUT2D eigenvalue weighted by molar-refractivity contribution is 4.73. The molecule has 1 aliphatic rings. The van der Waals surface area contributed by atoms with E-state index >= 15 is 0 Å². The van der Waals surface area contributed by atoms with Gasteiger partial charge in [-0.3, -0.25) is 0 Å². The van der Waals surface area contributed by atoms with E-state index in [2.05, 4.69) is 17.1 Å². The van der Waals surface area contributed by atoms with Gasteiger partial charge >= 0.3 is 0 Å². The van der Waals surface area contributed by atoms with Gasteiger partial charge in [0.25, 0.3) is 0 Å². The van der Waals surface area contributed by atoms with Crippen molar-refractivity contribution in [3.8, 4) is 0 Å². The van der Waals surface area contributed by atoms with Crippen LogP contribution in [-0.2, 0) is 0 Å². The molecule has 0 aromatic carbocycles. The zero-order chi connectivity index (χ0) is 13.1. The average molecular weight is 256 g/mol. The molecule has 0 aliphatic carbocycles. The Balaban J connectivity index is 2.12. The van der Waals surface area contributed by atoms with Crippen LogP contribution in [0.5, 0.6) is 0 Å². The van der Waals surface area contributed by atoms with Gasteiger partial charge in [0.05, 0.1) is 0 Å². The zero-order valence-electron chi connectivity index (χ0n) is 12.2. The van der Waals surface area contributed by atoms with E-state index in [1.807, 2.05) is 0 Å². The van der Waals surface area contributed by atoms with E-state index in [4.69, 9.17) is 5.11 Å². The van der Waals surface area contributed by atoms with Crippen molar-refractivity contribution >= 4 is 0 Å². The Kier molecular flexibility index (Phi) is 9.54. The second kappa shape index (κ2) is 10.8. The second-order valence-electron chi connectivity index (χ2n) is 5.65. The first-order chi connectivity index (χ1) is 8.86. The number of nitrogens with one attached hydrogen (secondary N) is 1. The molecule has 1 unspecified atom stereocenters. The first kappa shape index (κ1) is 15.9. The number of nitrogens with zero attached hydrogens (tertiary/aromatic N) is 1. The Hall–Kier alpha value is -0.120. The highest BCUT2D eigenvalue weighted by atomic mass is 16.2. The molecule has 3 nitrogen and oxygen atoms in total. The van der Waals surface area contributed by atoms with Crippen LogP contribution in [0.3, 0.4) is 0 Å². The monoisotopic (exact) mass is 256 g/mol. The van der Waals surface area contributed by atoms with Crippen molar-refractivity contribution in [2.24, 2.45) is 5.92 Å². The molecule has 108 valence electrons. The quantitative estimate of drug-likeness (QED) is 0.589. The molecule has 0 radical (unpaired) electrons. The van der Waals surface area contributed by atoms with E-state index in [0.717, 1.165) is 12.3 Å². The van der Waals surface area contributed by atoms with Crippen LogP contribution in [0.4, 0.5) is 0 Å². The normalized spacial score (nSPS) is 20.5. The first-order valence-corrected chi connectivity index (χ1v) is 7.90. The Labute approximate surface area is 113 Å². The minimum absolute atomic E-state index is 0.354.